The van der Waals surface area contributed by atoms with Gasteiger partial charge in [-0.15, -0.1) is 0 Å². The number of fused-ring (bicyclic) bond motifs is 2. The first-order valence-electron chi connectivity index (χ1n) is 7.17. The van der Waals surface area contributed by atoms with Crippen molar-refractivity contribution >= 4 is 11.8 Å². The van der Waals surface area contributed by atoms with Gasteiger partial charge in [0.05, 0.1) is 12.6 Å². The number of piperidine rings is 2. The first-order chi connectivity index (χ1) is 9.20. The number of nitrogens with zero attached hydrogens (tertiary/aromatic N) is 3. The molecule has 0 radical (unpaired) electrons. The molecule has 19 heavy (non-hydrogen) atoms. The predicted octanol–water partition coefficient (Wildman–Crippen LogP) is 0.759. The van der Waals surface area contributed by atoms with Crippen LogP contribution in [0.4, 0.5) is 0 Å². The first kappa shape index (κ1) is 12.6. The highest BCUT2D eigenvalue weighted by Gasteiger charge is 2.47. The molecule has 102 valence electrons. The molecule has 3 fully saturated rings. The zero-order valence-corrected chi connectivity index (χ0v) is 11.0. The molecule has 5 nitrogen and oxygen atoms in total. The number of carbonyl (C=O) groups is 2. The molecular formula is C14H19N3O2. The Hall–Kier alpha value is -1.41. The van der Waals surface area contributed by atoms with E-state index in [0.29, 0.717) is 6.54 Å². The third kappa shape index (κ3) is 2.14. The van der Waals surface area contributed by atoms with Gasteiger partial charge in [-0.05, 0) is 32.1 Å². The monoisotopic (exact) mass is 261 g/mol. The van der Waals surface area contributed by atoms with Gasteiger partial charge in [0.25, 0.3) is 0 Å². The fraction of sp³-hybridized carbons (Fsp3) is 0.786. The molecule has 3 rings (SSSR count). The lowest BCUT2D eigenvalue weighted by Crippen LogP contribution is -2.54. The lowest BCUT2D eigenvalue weighted by atomic mass is 9.92. The SMILES string of the molecule is N#CCN1CCC(N2C(=O)C3CCC(C3)C2=O)CC1. The number of imide groups is 1. The summed E-state index contributed by atoms with van der Waals surface area (Å²) >= 11 is 0. The molecule has 2 bridgehead atoms. The Bertz CT molecular complexity index is 412. The summed E-state index contributed by atoms with van der Waals surface area (Å²) in [6.45, 7) is 2.06. The van der Waals surface area contributed by atoms with Gasteiger partial charge < -0.3 is 0 Å². The van der Waals surface area contributed by atoms with E-state index < -0.39 is 0 Å². The van der Waals surface area contributed by atoms with Crippen LogP contribution < -0.4 is 0 Å². The second-order valence-electron chi connectivity index (χ2n) is 5.92. The maximum Gasteiger partial charge on any atom is 0.232 e. The molecule has 2 aliphatic heterocycles. The van der Waals surface area contributed by atoms with Crippen LogP contribution in [0.1, 0.15) is 32.1 Å². The number of hydrogen-bond acceptors (Lipinski definition) is 4. The second-order valence-corrected chi connectivity index (χ2v) is 5.92. The first-order valence-corrected chi connectivity index (χ1v) is 7.17. The third-order valence-corrected chi connectivity index (χ3v) is 4.82. The number of amides is 2. The average Bonchev–Trinajstić information content (AvgIpc) is 2.86. The predicted molar refractivity (Wildman–Crippen MR) is 67.8 cm³/mol. The summed E-state index contributed by atoms with van der Waals surface area (Å²) < 4.78 is 0. The molecule has 5 heteroatoms. The van der Waals surface area contributed by atoms with Crippen LogP contribution in [0, 0.1) is 23.2 Å². The minimum absolute atomic E-state index is 0.0671. The van der Waals surface area contributed by atoms with Crippen LogP contribution in [0.5, 0.6) is 0 Å². The van der Waals surface area contributed by atoms with Gasteiger partial charge in [-0.25, -0.2) is 0 Å². The van der Waals surface area contributed by atoms with Gasteiger partial charge in [0, 0.05) is 31.0 Å². The molecule has 2 saturated heterocycles. The Morgan fingerprint density at radius 3 is 2.16 bits per heavy atom. The summed E-state index contributed by atoms with van der Waals surface area (Å²) in [4.78, 5) is 28.3. The summed E-state index contributed by atoms with van der Waals surface area (Å²) in [5.74, 6) is 0.328. The lowest BCUT2D eigenvalue weighted by Gasteiger charge is -2.40. The van der Waals surface area contributed by atoms with E-state index >= 15 is 0 Å². The minimum Gasteiger partial charge on any atom is -0.290 e. The van der Waals surface area contributed by atoms with Crippen molar-refractivity contribution in [1.29, 1.82) is 5.26 Å². The van der Waals surface area contributed by atoms with Crippen molar-refractivity contribution in [2.45, 2.75) is 38.1 Å². The highest BCUT2D eigenvalue weighted by Crippen LogP contribution is 2.39. The van der Waals surface area contributed by atoms with Gasteiger partial charge in [-0.1, -0.05) is 0 Å². The Morgan fingerprint density at radius 2 is 1.63 bits per heavy atom. The molecule has 2 atom stereocenters. The minimum atomic E-state index is 0.0671. The van der Waals surface area contributed by atoms with Crippen LogP contribution >= 0.6 is 0 Å². The summed E-state index contributed by atoms with van der Waals surface area (Å²) in [5.41, 5.74) is 0. The topological polar surface area (TPSA) is 64.4 Å². The summed E-state index contributed by atoms with van der Waals surface area (Å²) in [6.07, 6.45) is 4.19. The normalized spacial score (nSPS) is 32.7. The molecule has 1 aliphatic carbocycles. The summed E-state index contributed by atoms with van der Waals surface area (Å²) in [5, 5.41) is 8.68. The van der Waals surface area contributed by atoms with E-state index in [1.54, 1.807) is 4.90 Å². The maximum absolute atomic E-state index is 12.3. The fourth-order valence-electron chi connectivity index (χ4n) is 3.73. The molecule has 0 aromatic carbocycles. The van der Waals surface area contributed by atoms with E-state index in [4.69, 9.17) is 5.26 Å². The lowest BCUT2D eigenvalue weighted by molar-refractivity contribution is -0.156. The number of nitriles is 1. The van der Waals surface area contributed by atoms with Crippen LogP contribution in [-0.2, 0) is 9.59 Å². The molecule has 3 aliphatic rings. The van der Waals surface area contributed by atoms with Gasteiger partial charge in [0.1, 0.15) is 0 Å². The van der Waals surface area contributed by atoms with Crippen molar-refractivity contribution in [3.63, 3.8) is 0 Å². The largest absolute Gasteiger partial charge is 0.290 e. The molecule has 2 unspecified atom stereocenters. The number of carbonyl (C=O) groups excluding carboxylic acids is 2. The van der Waals surface area contributed by atoms with E-state index in [1.165, 1.54) is 0 Å². The van der Waals surface area contributed by atoms with E-state index in [9.17, 15) is 9.59 Å². The van der Waals surface area contributed by atoms with Crippen LogP contribution in [0.3, 0.4) is 0 Å². The number of hydrogen-bond donors (Lipinski definition) is 0. The number of likely N-dealkylation sites (tertiary alicyclic amines) is 2. The second kappa shape index (κ2) is 4.93. The van der Waals surface area contributed by atoms with Crippen molar-refractivity contribution < 1.29 is 9.59 Å². The highest BCUT2D eigenvalue weighted by atomic mass is 16.2. The Kier molecular flexibility index (Phi) is 3.28. The molecule has 0 spiro atoms. The summed E-state index contributed by atoms with van der Waals surface area (Å²) in [6, 6.07) is 2.22. The van der Waals surface area contributed by atoms with Gasteiger partial charge in [0.2, 0.25) is 11.8 Å². The quantitative estimate of drug-likeness (QED) is 0.544. The van der Waals surface area contributed by atoms with Gasteiger partial charge in [0.15, 0.2) is 0 Å². The molecule has 0 N–H and O–H groups in total. The van der Waals surface area contributed by atoms with Crippen LogP contribution in [0.2, 0.25) is 0 Å². The van der Waals surface area contributed by atoms with Crippen LogP contribution in [0.15, 0.2) is 0 Å². The Balaban J connectivity index is 1.68. The van der Waals surface area contributed by atoms with E-state index in [-0.39, 0.29) is 29.7 Å². The fourth-order valence-corrected chi connectivity index (χ4v) is 3.73. The van der Waals surface area contributed by atoms with E-state index in [2.05, 4.69) is 11.0 Å². The molecule has 0 aromatic rings. The standard InChI is InChI=1S/C14H19N3O2/c15-5-8-16-6-3-12(4-7-16)17-13(18)10-1-2-11(9-10)14(17)19/h10-12H,1-4,6-9H2. The van der Waals surface area contributed by atoms with Crippen molar-refractivity contribution in [2.24, 2.45) is 11.8 Å². The van der Waals surface area contributed by atoms with Crippen LogP contribution in [-0.4, -0.2) is 47.3 Å². The number of rotatable bonds is 2. The maximum atomic E-state index is 12.3. The van der Waals surface area contributed by atoms with Crippen molar-refractivity contribution in [2.75, 3.05) is 19.6 Å². The van der Waals surface area contributed by atoms with Gasteiger partial charge in [-0.3, -0.25) is 19.4 Å². The Labute approximate surface area is 113 Å². The Morgan fingerprint density at radius 1 is 1.05 bits per heavy atom. The van der Waals surface area contributed by atoms with Crippen molar-refractivity contribution in [3.8, 4) is 6.07 Å². The molecule has 2 heterocycles. The molecule has 0 aromatic heterocycles. The smallest absolute Gasteiger partial charge is 0.232 e. The van der Waals surface area contributed by atoms with Crippen LogP contribution in [0.25, 0.3) is 0 Å². The average molecular weight is 261 g/mol. The zero-order chi connectivity index (χ0) is 13.4. The van der Waals surface area contributed by atoms with Crippen molar-refractivity contribution in [3.05, 3.63) is 0 Å². The highest BCUT2D eigenvalue weighted by molar-refractivity contribution is 6.01. The molecular weight excluding hydrogens is 242 g/mol. The molecule has 1 saturated carbocycles. The van der Waals surface area contributed by atoms with E-state index in [1.807, 2.05) is 0 Å². The van der Waals surface area contributed by atoms with Gasteiger partial charge >= 0.3 is 0 Å². The summed E-state index contributed by atoms with van der Waals surface area (Å²) in [7, 11) is 0. The van der Waals surface area contributed by atoms with E-state index in [0.717, 1.165) is 45.2 Å². The van der Waals surface area contributed by atoms with Gasteiger partial charge in [-0.2, -0.15) is 5.26 Å². The zero-order valence-electron chi connectivity index (χ0n) is 11.0. The molecule has 2 amide bonds. The third-order valence-electron chi connectivity index (χ3n) is 4.82. The van der Waals surface area contributed by atoms with Crippen molar-refractivity contribution in [1.82, 2.24) is 9.80 Å².